The molecule has 0 atom stereocenters. The highest BCUT2D eigenvalue weighted by molar-refractivity contribution is 9.10. The quantitative estimate of drug-likeness (QED) is 0.705. The van der Waals surface area contributed by atoms with E-state index in [0.29, 0.717) is 16.5 Å². The van der Waals surface area contributed by atoms with Gasteiger partial charge in [-0.05, 0) is 57.0 Å². The van der Waals surface area contributed by atoms with Gasteiger partial charge in [0, 0.05) is 11.3 Å². The maximum atomic E-state index is 6.14. The van der Waals surface area contributed by atoms with E-state index >= 15 is 0 Å². The number of nitrogen functional groups attached to an aromatic ring is 1. The minimum atomic E-state index is 0.569. The van der Waals surface area contributed by atoms with E-state index in [2.05, 4.69) is 31.5 Å². The minimum absolute atomic E-state index is 0.569. The van der Waals surface area contributed by atoms with Crippen LogP contribution in [0, 0.1) is 6.92 Å². The first kappa shape index (κ1) is 14.0. The lowest BCUT2D eigenvalue weighted by molar-refractivity contribution is 0.789. The Kier molecular flexibility index (Phi) is 3.65. The van der Waals surface area contributed by atoms with Crippen molar-refractivity contribution in [2.24, 2.45) is 0 Å². The summed E-state index contributed by atoms with van der Waals surface area (Å²) in [5.41, 5.74) is 9.32. The molecule has 21 heavy (non-hydrogen) atoms. The summed E-state index contributed by atoms with van der Waals surface area (Å²) in [6, 6.07) is 11.3. The van der Waals surface area contributed by atoms with Crippen molar-refractivity contribution in [1.82, 2.24) is 20.2 Å². The maximum Gasteiger partial charge on any atom is 0.189 e. The number of hydrogen-bond donors (Lipinski definition) is 1. The predicted octanol–water partition coefficient (Wildman–Crippen LogP) is 3.64. The van der Waals surface area contributed by atoms with E-state index in [1.54, 1.807) is 10.7 Å². The molecule has 0 unspecified atom stereocenters. The highest BCUT2D eigenvalue weighted by Crippen LogP contribution is 2.32. The molecule has 1 heterocycles. The second-order valence-corrected chi connectivity index (χ2v) is 5.72. The number of nitrogens with zero attached hydrogens (tertiary/aromatic N) is 4. The molecule has 0 bridgehead atoms. The summed E-state index contributed by atoms with van der Waals surface area (Å²) in [6.07, 6.45) is 0. The van der Waals surface area contributed by atoms with Crippen molar-refractivity contribution in [2.45, 2.75) is 6.92 Å². The molecule has 1 aromatic heterocycles. The van der Waals surface area contributed by atoms with Crippen molar-refractivity contribution >= 4 is 33.2 Å². The van der Waals surface area contributed by atoms with E-state index in [-0.39, 0.29) is 0 Å². The number of aryl methyl sites for hydroxylation is 1. The first-order valence-electron chi connectivity index (χ1n) is 6.18. The standard InChI is InChI=1S/C14H11BrClN5/c1-8-4-2-5-9(13(8)17)14-18-19-20-21(14)11-7-3-6-10(16)12(11)15/h2-7H,17H2,1H3. The lowest BCUT2D eigenvalue weighted by atomic mass is 10.1. The third-order valence-corrected chi connectivity index (χ3v) is 4.57. The van der Waals surface area contributed by atoms with Crippen LogP contribution in [0.1, 0.15) is 5.56 Å². The molecule has 2 N–H and O–H groups in total. The van der Waals surface area contributed by atoms with Gasteiger partial charge in [-0.15, -0.1) is 5.10 Å². The second kappa shape index (κ2) is 5.46. The van der Waals surface area contributed by atoms with Gasteiger partial charge in [0.2, 0.25) is 0 Å². The topological polar surface area (TPSA) is 69.6 Å². The van der Waals surface area contributed by atoms with Gasteiger partial charge in [0.15, 0.2) is 5.82 Å². The molecular weight excluding hydrogens is 354 g/mol. The molecule has 0 amide bonds. The molecule has 7 heteroatoms. The zero-order valence-electron chi connectivity index (χ0n) is 11.1. The normalized spacial score (nSPS) is 10.8. The molecule has 3 aromatic rings. The fraction of sp³-hybridized carbons (Fsp3) is 0.0714. The highest BCUT2D eigenvalue weighted by Gasteiger charge is 2.16. The summed E-state index contributed by atoms with van der Waals surface area (Å²) in [5.74, 6) is 0.569. The van der Waals surface area contributed by atoms with E-state index < -0.39 is 0 Å². The molecule has 3 rings (SSSR count). The first-order chi connectivity index (χ1) is 10.1. The van der Waals surface area contributed by atoms with Gasteiger partial charge in [0.05, 0.1) is 15.2 Å². The number of rotatable bonds is 2. The summed E-state index contributed by atoms with van der Waals surface area (Å²) in [6.45, 7) is 1.95. The largest absolute Gasteiger partial charge is 0.398 e. The van der Waals surface area contributed by atoms with Gasteiger partial charge >= 0.3 is 0 Å². The van der Waals surface area contributed by atoms with E-state index in [0.717, 1.165) is 21.3 Å². The molecule has 0 aliphatic carbocycles. The lowest BCUT2D eigenvalue weighted by Gasteiger charge is -2.10. The number of hydrogen-bond acceptors (Lipinski definition) is 4. The van der Waals surface area contributed by atoms with Crippen LogP contribution in [0.25, 0.3) is 17.1 Å². The van der Waals surface area contributed by atoms with Gasteiger partial charge < -0.3 is 5.73 Å². The van der Waals surface area contributed by atoms with Gasteiger partial charge in [0.1, 0.15) is 0 Å². The third-order valence-electron chi connectivity index (χ3n) is 3.19. The fourth-order valence-electron chi connectivity index (χ4n) is 2.05. The number of para-hydroxylation sites is 1. The molecular formula is C14H11BrClN5. The van der Waals surface area contributed by atoms with Gasteiger partial charge in [-0.2, -0.15) is 4.68 Å². The Hall–Kier alpha value is -1.92. The van der Waals surface area contributed by atoms with Crippen molar-refractivity contribution in [2.75, 3.05) is 5.73 Å². The van der Waals surface area contributed by atoms with Gasteiger partial charge in [-0.25, -0.2) is 0 Å². The van der Waals surface area contributed by atoms with Crippen molar-refractivity contribution < 1.29 is 0 Å². The molecule has 106 valence electrons. The average Bonchev–Trinajstić information content (AvgIpc) is 2.94. The zero-order valence-corrected chi connectivity index (χ0v) is 13.4. The number of aromatic nitrogens is 4. The molecule has 0 saturated carbocycles. The molecule has 0 saturated heterocycles. The third kappa shape index (κ3) is 2.41. The summed E-state index contributed by atoms with van der Waals surface area (Å²) in [4.78, 5) is 0. The number of halogens is 2. The molecule has 0 radical (unpaired) electrons. The van der Waals surface area contributed by atoms with Crippen molar-refractivity contribution in [3.8, 4) is 17.1 Å². The summed E-state index contributed by atoms with van der Waals surface area (Å²) >= 11 is 9.59. The minimum Gasteiger partial charge on any atom is -0.398 e. The number of anilines is 1. The number of benzene rings is 2. The van der Waals surface area contributed by atoms with Crippen LogP contribution < -0.4 is 5.73 Å². The first-order valence-corrected chi connectivity index (χ1v) is 7.35. The number of nitrogens with two attached hydrogens (primary N) is 1. The molecule has 5 nitrogen and oxygen atoms in total. The van der Waals surface area contributed by atoms with E-state index in [1.807, 2.05) is 37.3 Å². The van der Waals surface area contributed by atoms with Crippen LogP contribution >= 0.6 is 27.5 Å². The van der Waals surface area contributed by atoms with E-state index in [9.17, 15) is 0 Å². The maximum absolute atomic E-state index is 6.14. The van der Waals surface area contributed by atoms with Gasteiger partial charge in [0.25, 0.3) is 0 Å². The van der Waals surface area contributed by atoms with Crippen molar-refractivity contribution in [3.05, 3.63) is 51.5 Å². The van der Waals surface area contributed by atoms with Crippen LogP contribution in [-0.2, 0) is 0 Å². The van der Waals surface area contributed by atoms with Crippen LogP contribution in [0.5, 0.6) is 0 Å². The monoisotopic (exact) mass is 363 g/mol. The smallest absolute Gasteiger partial charge is 0.189 e. The predicted molar refractivity (Wildman–Crippen MR) is 86.4 cm³/mol. The SMILES string of the molecule is Cc1cccc(-c2nnnn2-c2cccc(Cl)c2Br)c1N. The number of tetrazole rings is 1. The Balaban J connectivity index is 2.22. The Morgan fingerprint density at radius 2 is 1.95 bits per heavy atom. The van der Waals surface area contributed by atoms with Gasteiger partial charge in [-0.3, -0.25) is 0 Å². The molecule has 2 aromatic carbocycles. The highest BCUT2D eigenvalue weighted by atomic mass is 79.9. The lowest BCUT2D eigenvalue weighted by Crippen LogP contribution is -2.03. The zero-order chi connectivity index (χ0) is 15.0. The Morgan fingerprint density at radius 1 is 1.19 bits per heavy atom. The van der Waals surface area contributed by atoms with Crippen LogP contribution in [0.3, 0.4) is 0 Å². The summed E-state index contributed by atoms with van der Waals surface area (Å²) in [5, 5.41) is 12.5. The van der Waals surface area contributed by atoms with Crippen LogP contribution in [-0.4, -0.2) is 20.2 Å². The second-order valence-electron chi connectivity index (χ2n) is 4.52. The van der Waals surface area contributed by atoms with Crippen LogP contribution in [0.4, 0.5) is 5.69 Å². The average molecular weight is 365 g/mol. The Labute approximate surface area is 134 Å². The van der Waals surface area contributed by atoms with E-state index in [1.165, 1.54) is 0 Å². The Bertz CT molecular complexity index is 749. The van der Waals surface area contributed by atoms with Crippen LogP contribution in [0.15, 0.2) is 40.9 Å². The Morgan fingerprint density at radius 3 is 2.76 bits per heavy atom. The van der Waals surface area contributed by atoms with E-state index in [4.69, 9.17) is 17.3 Å². The molecule has 0 fully saturated rings. The van der Waals surface area contributed by atoms with Crippen molar-refractivity contribution in [3.63, 3.8) is 0 Å². The van der Waals surface area contributed by atoms with Gasteiger partial charge in [-0.1, -0.05) is 29.8 Å². The van der Waals surface area contributed by atoms with Crippen molar-refractivity contribution in [1.29, 1.82) is 0 Å². The molecule has 0 spiro atoms. The summed E-state index contributed by atoms with van der Waals surface area (Å²) < 4.78 is 2.34. The molecule has 0 aliphatic heterocycles. The van der Waals surface area contributed by atoms with Crippen LogP contribution in [0.2, 0.25) is 5.02 Å². The summed E-state index contributed by atoms with van der Waals surface area (Å²) in [7, 11) is 0. The fourth-order valence-corrected chi connectivity index (χ4v) is 2.65. The molecule has 0 aliphatic rings.